The molecule has 1 aliphatic rings. The van der Waals surface area contributed by atoms with Gasteiger partial charge < -0.3 is 20.4 Å². The molecule has 0 heterocycles. The molecule has 1 aromatic carbocycles. The van der Waals surface area contributed by atoms with Crippen molar-refractivity contribution in [1.29, 1.82) is 0 Å². The molecule has 1 aromatic rings. The van der Waals surface area contributed by atoms with E-state index >= 15 is 0 Å². The fourth-order valence-electron chi connectivity index (χ4n) is 3.07. The Morgan fingerprint density at radius 2 is 1.60 bits per heavy atom. The average Bonchev–Trinajstić information content (AvgIpc) is 3.13. The Labute approximate surface area is 150 Å². The van der Waals surface area contributed by atoms with Gasteiger partial charge in [0.2, 0.25) is 5.91 Å². The van der Waals surface area contributed by atoms with Crippen LogP contribution in [0.25, 0.3) is 0 Å². The second kappa shape index (κ2) is 9.30. The highest BCUT2D eigenvalue weighted by atomic mass is 16.2. The Hall–Kier alpha value is -2.24. The van der Waals surface area contributed by atoms with Gasteiger partial charge >= 0.3 is 6.03 Å². The van der Waals surface area contributed by atoms with Crippen LogP contribution >= 0.6 is 0 Å². The van der Waals surface area contributed by atoms with E-state index in [0.717, 1.165) is 36.9 Å². The largest absolute Gasteiger partial charge is 0.378 e. The number of nitrogens with zero attached hydrogens (tertiary/aromatic N) is 2. The summed E-state index contributed by atoms with van der Waals surface area (Å²) >= 11 is 0. The molecular weight excluding hydrogens is 316 g/mol. The molecular formula is C19H30N4O2. The lowest BCUT2D eigenvalue weighted by Gasteiger charge is -2.19. The highest BCUT2D eigenvalue weighted by Crippen LogP contribution is 2.24. The standard InChI is InChI=1S/C19H30N4O2/c1-22(2)17-10-8-15(9-11-17)14-23(3)19(25)21-13-12-20-18(24)16-6-4-5-7-16/h8-11,16H,4-7,12-14H2,1-3H3,(H,20,24)(H,21,25). The van der Waals surface area contributed by atoms with Gasteiger partial charge in [-0.3, -0.25) is 4.79 Å². The van der Waals surface area contributed by atoms with Gasteiger partial charge in [-0.1, -0.05) is 25.0 Å². The summed E-state index contributed by atoms with van der Waals surface area (Å²) in [6.45, 7) is 1.47. The van der Waals surface area contributed by atoms with Gasteiger partial charge in [0, 0.05) is 52.4 Å². The number of hydrogen-bond acceptors (Lipinski definition) is 3. The van der Waals surface area contributed by atoms with E-state index in [-0.39, 0.29) is 17.9 Å². The molecule has 0 atom stereocenters. The van der Waals surface area contributed by atoms with Crippen LogP contribution in [0.2, 0.25) is 0 Å². The normalized spacial score (nSPS) is 14.2. The lowest BCUT2D eigenvalue weighted by molar-refractivity contribution is -0.124. The molecule has 3 amide bonds. The van der Waals surface area contributed by atoms with Crippen molar-refractivity contribution in [2.75, 3.05) is 39.1 Å². The molecule has 6 heteroatoms. The third-order valence-corrected chi connectivity index (χ3v) is 4.65. The molecule has 0 aromatic heterocycles. The van der Waals surface area contributed by atoms with Gasteiger partial charge in [-0.2, -0.15) is 0 Å². The first-order valence-electron chi connectivity index (χ1n) is 9.00. The van der Waals surface area contributed by atoms with Crippen LogP contribution in [-0.4, -0.2) is 51.1 Å². The van der Waals surface area contributed by atoms with Crippen LogP contribution in [0.4, 0.5) is 10.5 Å². The van der Waals surface area contributed by atoms with E-state index < -0.39 is 0 Å². The molecule has 0 aliphatic heterocycles. The number of carbonyl (C=O) groups is 2. The Balaban J connectivity index is 1.66. The summed E-state index contributed by atoms with van der Waals surface area (Å²) in [6.07, 6.45) is 4.28. The summed E-state index contributed by atoms with van der Waals surface area (Å²) in [7, 11) is 5.77. The summed E-state index contributed by atoms with van der Waals surface area (Å²) in [5.41, 5.74) is 2.21. The van der Waals surface area contributed by atoms with Crippen molar-refractivity contribution < 1.29 is 9.59 Å². The Morgan fingerprint density at radius 1 is 1.00 bits per heavy atom. The number of anilines is 1. The van der Waals surface area contributed by atoms with Gasteiger partial charge in [0.05, 0.1) is 0 Å². The van der Waals surface area contributed by atoms with Crippen LogP contribution < -0.4 is 15.5 Å². The zero-order valence-corrected chi connectivity index (χ0v) is 15.5. The van der Waals surface area contributed by atoms with E-state index in [2.05, 4.69) is 10.6 Å². The van der Waals surface area contributed by atoms with Crippen LogP contribution in [0, 0.1) is 5.92 Å². The Kier molecular flexibility index (Phi) is 7.10. The number of rotatable bonds is 7. The van der Waals surface area contributed by atoms with E-state index in [1.54, 1.807) is 11.9 Å². The SMILES string of the molecule is CN(Cc1ccc(N(C)C)cc1)C(=O)NCCNC(=O)C1CCCC1. The predicted molar refractivity (Wildman–Crippen MR) is 101 cm³/mol. The molecule has 0 saturated heterocycles. The van der Waals surface area contributed by atoms with E-state index in [9.17, 15) is 9.59 Å². The topological polar surface area (TPSA) is 64.7 Å². The third kappa shape index (κ3) is 5.96. The Bertz CT molecular complexity index is 565. The summed E-state index contributed by atoms with van der Waals surface area (Å²) in [4.78, 5) is 27.7. The van der Waals surface area contributed by atoms with Crippen LogP contribution in [-0.2, 0) is 11.3 Å². The highest BCUT2D eigenvalue weighted by Gasteiger charge is 2.22. The molecule has 2 rings (SSSR count). The monoisotopic (exact) mass is 346 g/mol. The molecule has 1 aliphatic carbocycles. The van der Waals surface area contributed by atoms with Gasteiger partial charge in [0.25, 0.3) is 0 Å². The molecule has 0 spiro atoms. The second-order valence-corrected chi connectivity index (χ2v) is 6.92. The molecule has 25 heavy (non-hydrogen) atoms. The number of hydrogen-bond donors (Lipinski definition) is 2. The summed E-state index contributed by atoms with van der Waals surface area (Å²) < 4.78 is 0. The number of carbonyl (C=O) groups excluding carboxylic acids is 2. The maximum Gasteiger partial charge on any atom is 0.317 e. The minimum Gasteiger partial charge on any atom is -0.378 e. The van der Waals surface area contributed by atoms with Gasteiger partial charge in [-0.05, 0) is 30.5 Å². The first kappa shape index (κ1) is 19.1. The number of amides is 3. The fraction of sp³-hybridized carbons (Fsp3) is 0.579. The van der Waals surface area contributed by atoms with Crippen LogP contribution in [0.15, 0.2) is 24.3 Å². The zero-order valence-electron chi connectivity index (χ0n) is 15.5. The van der Waals surface area contributed by atoms with Crippen molar-refractivity contribution in [2.24, 2.45) is 5.92 Å². The number of benzene rings is 1. The quantitative estimate of drug-likeness (QED) is 0.744. The Morgan fingerprint density at radius 3 is 2.20 bits per heavy atom. The van der Waals surface area contributed by atoms with Gasteiger partial charge in [0.15, 0.2) is 0 Å². The van der Waals surface area contributed by atoms with E-state index in [4.69, 9.17) is 0 Å². The van der Waals surface area contributed by atoms with Crippen molar-refractivity contribution in [3.63, 3.8) is 0 Å². The average molecular weight is 346 g/mol. The summed E-state index contributed by atoms with van der Waals surface area (Å²) in [5.74, 6) is 0.296. The molecule has 1 fully saturated rings. The molecule has 2 N–H and O–H groups in total. The molecule has 0 unspecified atom stereocenters. The first-order valence-corrected chi connectivity index (χ1v) is 9.00. The van der Waals surface area contributed by atoms with Crippen molar-refractivity contribution in [2.45, 2.75) is 32.2 Å². The summed E-state index contributed by atoms with van der Waals surface area (Å²) in [6, 6.07) is 8.01. The van der Waals surface area contributed by atoms with Crippen LogP contribution in [0.5, 0.6) is 0 Å². The third-order valence-electron chi connectivity index (χ3n) is 4.65. The maximum atomic E-state index is 12.1. The van der Waals surface area contributed by atoms with E-state index in [1.165, 1.54) is 0 Å². The zero-order chi connectivity index (χ0) is 18.2. The van der Waals surface area contributed by atoms with Crippen molar-refractivity contribution in [3.8, 4) is 0 Å². The lowest BCUT2D eigenvalue weighted by atomic mass is 10.1. The van der Waals surface area contributed by atoms with Crippen LogP contribution in [0.1, 0.15) is 31.2 Å². The molecule has 0 bridgehead atoms. The van der Waals surface area contributed by atoms with E-state index in [0.29, 0.717) is 19.6 Å². The van der Waals surface area contributed by atoms with Crippen LogP contribution in [0.3, 0.4) is 0 Å². The second-order valence-electron chi connectivity index (χ2n) is 6.92. The van der Waals surface area contributed by atoms with Gasteiger partial charge in [-0.15, -0.1) is 0 Å². The first-order chi connectivity index (χ1) is 12.0. The minimum atomic E-state index is -0.133. The molecule has 6 nitrogen and oxygen atoms in total. The van der Waals surface area contributed by atoms with Crippen molar-refractivity contribution >= 4 is 17.6 Å². The fourth-order valence-corrected chi connectivity index (χ4v) is 3.07. The maximum absolute atomic E-state index is 12.1. The minimum absolute atomic E-state index is 0.126. The van der Waals surface area contributed by atoms with Crippen molar-refractivity contribution in [3.05, 3.63) is 29.8 Å². The number of urea groups is 1. The molecule has 0 radical (unpaired) electrons. The highest BCUT2D eigenvalue weighted by molar-refractivity contribution is 5.79. The van der Waals surface area contributed by atoms with Gasteiger partial charge in [0.1, 0.15) is 0 Å². The number of nitrogens with one attached hydrogen (secondary N) is 2. The summed E-state index contributed by atoms with van der Waals surface area (Å²) in [5, 5.41) is 5.75. The smallest absolute Gasteiger partial charge is 0.317 e. The van der Waals surface area contributed by atoms with Gasteiger partial charge in [-0.25, -0.2) is 4.79 Å². The van der Waals surface area contributed by atoms with Crippen molar-refractivity contribution in [1.82, 2.24) is 15.5 Å². The lowest BCUT2D eigenvalue weighted by Crippen LogP contribution is -2.41. The molecule has 1 saturated carbocycles. The predicted octanol–water partition coefficient (Wildman–Crippen LogP) is 2.20. The molecule has 138 valence electrons. The van der Waals surface area contributed by atoms with E-state index in [1.807, 2.05) is 43.3 Å².